The highest BCUT2D eigenvalue weighted by Crippen LogP contribution is 2.49. The maximum atomic E-state index is 11.7. The second kappa shape index (κ2) is 3.63. The van der Waals surface area contributed by atoms with Gasteiger partial charge in [0.1, 0.15) is 0 Å². The summed E-state index contributed by atoms with van der Waals surface area (Å²) >= 11 is 3.88. The Balaban J connectivity index is 5.45. The van der Waals surface area contributed by atoms with Gasteiger partial charge in [0.25, 0.3) is 0 Å². The van der Waals surface area contributed by atoms with Crippen molar-refractivity contribution >= 4 is 22.1 Å². The summed E-state index contributed by atoms with van der Waals surface area (Å²) in [7, 11) is -6.52. The predicted molar refractivity (Wildman–Crippen MR) is 31.8 cm³/mol. The van der Waals surface area contributed by atoms with Crippen LogP contribution in [0.3, 0.4) is 0 Å². The van der Waals surface area contributed by atoms with Crippen LogP contribution in [0.1, 0.15) is 0 Å². The number of halogens is 8. The minimum absolute atomic E-state index is 2.18. The van der Waals surface area contributed by atoms with Crippen molar-refractivity contribution in [1.82, 2.24) is 0 Å². The smallest absolute Gasteiger partial charge is 0.202 e. The molecule has 92 valence electrons. The monoisotopic (exact) mass is 284 g/mol. The lowest BCUT2D eigenvalue weighted by Crippen LogP contribution is -2.54. The average Bonchev–Trinajstić information content (AvgIpc) is 1.77. The van der Waals surface area contributed by atoms with Gasteiger partial charge in [0, 0.05) is 0 Å². The summed E-state index contributed by atoms with van der Waals surface area (Å²) in [6, 6.07) is 0. The van der Waals surface area contributed by atoms with Crippen LogP contribution < -0.4 is 0 Å². The van der Waals surface area contributed by atoms with E-state index in [-0.39, 0.29) is 0 Å². The third kappa shape index (κ3) is 3.34. The molecule has 0 unspecified atom stereocenters. The Morgan fingerprint density at radius 1 is 0.933 bits per heavy atom. The van der Waals surface area contributed by atoms with Crippen molar-refractivity contribution in [2.75, 3.05) is 0 Å². The lowest BCUT2D eigenvalue weighted by Gasteiger charge is -2.28. The fourth-order valence-electron chi connectivity index (χ4n) is 0.392. The summed E-state index contributed by atoms with van der Waals surface area (Å²) in [5.41, 5.74) is 0. The van der Waals surface area contributed by atoms with Crippen LogP contribution in [0.25, 0.3) is 0 Å². The molecule has 0 aliphatic carbocycles. The van der Waals surface area contributed by atoms with Gasteiger partial charge in [-0.15, -0.1) is 0 Å². The highest BCUT2D eigenvalue weighted by Gasteiger charge is 2.74. The van der Waals surface area contributed by atoms with Gasteiger partial charge in [-0.05, 0) is 0 Å². The van der Waals surface area contributed by atoms with Crippen molar-refractivity contribution in [2.24, 2.45) is 0 Å². The number of rotatable bonds is 2. The number of hydrogen-bond donors (Lipinski definition) is 0. The standard InChI is InChI=1S/C3ClF7O3S/c4-1(2(5,6)7,3(8,9)10)14-15(11,12)13. The van der Waals surface area contributed by atoms with E-state index < -0.39 is 27.9 Å². The molecule has 0 amide bonds. The second-order valence-corrected chi connectivity index (χ2v) is 3.55. The van der Waals surface area contributed by atoms with Crippen LogP contribution in [0.5, 0.6) is 0 Å². The number of hydrogen-bond acceptors (Lipinski definition) is 3. The summed E-state index contributed by atoms with van der Waals surface area (Å²) in [5.74, 6) is 0. The first kappa shape index (κ1) is 14.7. The Morgan fingerprint density at radius 2 is 1.20 bits per heavy atom. The summed E-state index contributed by atoms with van der Waals surface area (Å²) in [5, 5.41) is -5.63. The van der Waals surface area contributed by atoms with E-state index in [2.05, 4.69) is 15.8 Å². The van der Waals surface area contributed by atoms with Crippen molar-refractivity contribution < 1.29 is 42.8 Å². The minimum atomic E-state index is -6.52. The topological polar surface area (TPSA) is 43.4 Å². The van der Waals surface area contributed by atoms with Gasteiger partial charge in [-0.3, -0.25) is 0 Å². The summed E-state index contributed by atoms with van der Waals surface area (Å²) in [6.45, 7) is 0. The normalized spacial score (nSPS) is 15.5. The molecule has 0 aromatic heterocycles. The van der Waals surface area contributed by atoms with Crippen molar-refractivity contribution in [2.45, 2.75) is 17.4 Å². The third-order valence-corrected chi connectivity index (χ3v) is 1.99. The maximum absolute atomic E-state index is 11.7. The molecular weight excluding hydrogens is 285 g/mol. The molecule has 0 aromatic carbocycles. The first-order chi connectivity index (χ1) is 6.21. The average molecular weight is 285 g/mol. The van der Waals surface area contributed by atoms with E-state index in [9.17, 15) is 38.6 Å². The van der Waals surface area contributed by atoms with Gasteiger partial charge < -0.3 is 0 Å². The van der Waals surface area contributed by atoms with Crippen LogP contribution in [0, 0.1) is 0 Å². The van der Waals surface area contributed by atoms with Gasteiger partial charge in [-0.25, -0.2) is 4.18 Å². The Morgan fingerprint density at radius 3 is 1.27 bits per heavy atom. The summed E-state index contributed by atoms with van der Waals surface area (Å²) in [4.78, 5) is 0. The molecule has 0 radical (unpaired) electrons. The maximum Gasteiger partial charge on any atom is 0.442 e. The first-order valence-corrected chi connectivity index (χ1v) is 4.37. The van der Waals surface area contributed by atoms with Gasteiger partial charge in [-0.1, -0.05) is 15.5 Å². The lowest BCUT2D eigenvalue weighted by molar-refractivity contribution is -0.321. The fraction of sp³-hybridized carbons (Fsp3) is 1.00. The molecule has 0 heterocycles. The van der Waals surface area contributed by atoms with Crippen LogP contribution >= 0.6 is 11.6 Å². The molecule has 0 rings (SSSR count). The van der Waals surface area contributed by atoms with E-state index in [1.54, 1.807) is 0 Å². The van der Waals surface area contributed by atoms with Gasteiger partial charge >= 0.3 is 27.9 Å². The van der Waals surface area contributed by atoms with E-state index in [4.69, 9.17) is 0 Å². The van der Waals surface area contributed by atoms with Gasteiger partial charge in [-0.2, -0.15) is 34.8 Å². The van der Waals surface area contributed by atoms with Crippen LogP contribution in [0.4, 0.5) is 30.2 Å². The highest BCUT2D eigenvalue weighted by molar-refractivity contribution is 7.81. The van der Waals surface area contributed by atoms with Crippen LogP contribution in [-0.4, -0.2) is 25.8 Å². The fourth-order valence-corrected chi connectivity index (χ4v) is 1.08. The molecular formula is C3ClF7O3S. The molecule has 0 spiro atoms. The molecule has 12 heteroatoms. The molecule has 0 aliphatic heterocycles. The van der Waals surface area contributed by atoms with Crippen LogP contribution in [0.15, 0.2) is 0 Å². The Hall–Kier alpha value is -0.290. The van der Waals surface area contributed by atoms with Gasteiger partial charge in [0.05, 0.1) is 0 Å². The molecule has 15 heavy (non-hydrogen) atoms. The summed E-state index contributed by atoms with van der Waals surface area (Å²) in [6.07, 6.45) is -12.7. The molecule has 0 bridgehead atoms. The Bertz CT molecular complexity index is 314. The minimum Gasteiger partial charge on any atom is -0.202 e. The zero-order valence-corrected chi connectivity index (χ0v) is 7.73. The zero-order valence-electron chi connectivity index (χ0n) is 6.16. The van der Waals surface area contributed by atoms with Gasteiger partial charge in [0.2, 0.25) is 0 Å². The Labute approximate surface area is 83.2 Å². The second-order valence-electron chi connectivity index (χ2n) is 2.07. The van der Waals surface area contributed by atoms with Crippen molar-refractivity contribution in [1.29, 1.82) is 0 Å². The van der Waals surface area contributed by atoms with E-state index in [0.29, 0.717) is 0 Å². The van der Waals surface area contributed by atoms with E-state index in [0.717, 1.165) is 0 Å². The van der Waals surface area contributed by atoms with Crippen LogP contribution in [0.2, 0.25) is 0 Å². The molecule has 0 N–H and O–H groups in total. The van der Waals surface area contributed by atoms with E-state index in [1.165, 1.54) is 0 Å². The molecule has 0 atom stereocenters. The SMILES string of the molecule is O=S(=O)(F)OC(Cl)(C(F)(F)F)C(F)(F)F. The van der Waals surface area contributed by atoms with Crippen molar-refractivity contribution in [3.05, 3.63) is 0 Å². The van der Waals surface area contributed by atoms with Gasteiger partial charge in [0.15, 0.2) is 0 Å². The Kier molecular flexibility index (Phi) is 3.56. The third-order valence-electron chi connectivity index (χ3n) is 0.944. The molecule has 0 saturated heterocycles. The largest absolute Gasteiger partial charge is 0.442 e. The van der Waals surface area contributed by atoms with Crippen LogP contribution in [-0.2, 0) is 14.7 Å². The molecule has 0 saturated carbocycles. The predicted octanol–water partition coefficient (Wildman–Crippen LogP) is 2.28. The van der Waals surface area contributed by atoms with E-state index >= 15 is 0 Å². The summed E-state index contributed by atoms with van der Waals surface area (Å²) < 4.78 is 103. The molecule has 0 aliphatic rings. The molecule has 0 aromatic rings. The quantitative estimate of drug-likeness (QED) is 0.444. The zero-order chi connectivity index (χ0) is 12.7. The molecule has 0 fully saturated rings. The highest BCUT2D eigenvalue weighted by atomic mass is 35.5. The lowest BCUT2D eigenvalue weighted by atomic mass is 10.3. The number of alkyl halides is 7. The van der Waals surface area contributed by atoms with Crippen molar-refractivity contribution in [3.63, 3.8) is 0 Å². The van der Waals surface area contributed by atoms with E-state index in [1.807, 2.05) is 0 Å². The van der Waals surface area contributed by atoms with Crippen molar-refractivity contribution in [3.8, 4) is 0 Å². The molecule has 3 nitrogen and oxygen atoms in total. The first-order valence-electron chi connectivity index (χ1n) is 2.68.